The molecule has 136 valence electrons. The molecule has 27 heavy (non-hydrogen) atoms. The first-order valence-electron chi connectivity index (χ1n) is 8.23. The Morgan fingerprint density at radius 3 is 2.70 bits per heavy atom. The van der Waals surface area contributed by atoms with E-state index < -0.39 is 11.2 Å². The molecule has 0 aliphatic rings. The van der Waals surface area contributed by atoms with Crippen LogP contribution in [0.1, 0.15) is 5.56 Å². The number of anilines is 1. The van der Waals surface area contributed by atoms with Gasteiger partial charge in [0.15, 0.2) is 11.2 Å². The molecular weight excluding hydrogens is 346 g/mol. The van der Waals surface area contributed by atoms with Crippen molar-refractivity contribution in [3.05, 3.63) is 62.9 Å². The third-order valence-electron chi connectivity index (χ3n) is 4.48. The second-order valence-electron chi connectivity index (χ2n) is 6.20. The normalized spacial score (nSPS) is 11.7. The van der Waals surface area contributed by atoms with E-state index in [1.807, 2.05) is 30.3 Å². The lowest BCUT2D eigenvalue weighted by molar-refractivity contribution is 0.705. The zero-order valence-corrected chi connectivity index (χ0v) is 15.0. The van der Waals surface area contributed by atoms with Crippen molar-refractivity contribution < 1.29 is 0 Å². The number of hydrazone groups is 1. The monoisotopic (exact) mass is 363 g/mol. The summed E-state index contributed by atoms with van der Waals surface area (Å²) in [7, 11) is 4.71. The minimum atomic E-state index is -0.426. The van der Waals surface area contributed by atoms with Crippen LogP contribution >= 0.6 is 0 Å². The summed E-state index contributed by atoms with van der Waals surface area (Å²) in [5.74, 6) is 0.363. The van der Waals surface area contributed by atoms with Crippen molar-refractivity contribution in [1.82, 2.24) is 23.7 Å². The van der Waals surface area contributed by atoms with Gasteiger partial charge in [0.25, 0.3) is 5.56 Å². The molecule has 3 aromatic heterocycles. The van der Waals surface area contributed by atoms with Gasteiger partial charge in [0.05, 0.1) is 11.7 Å². The maximum absolute atomic E-state index is 12.4. The highest BCUT2D eigenvalue weighted by Gasteiger charge is 2.16. The zero-order chi connectivity index (χ0) is 19.1. The van der Waals surface area contributed by atoms with E-state index in [-0.39, 0.29) is 0 Å². The van der Waals surface area contributed by atoms with Gasteiger partial charge in [0.1, 0.15) is 0 Å². The molecule has 4 rings (SSSR count). The fourth-order valence-electron chi connectivity index (χ4n) is 2.96. The molecule has 0 aliphatic carbocycles. The fraction of sp³-hybridized carbons (Fsp3) is 0.167. The van der Waals surface area contributed by atoms with Gasteiger partial charge in [0, 0.05) is 32.7 Å². The number of nitrogens with zero attached hydrogens (tertiary/aromatic N) is 6. The van der Waals surface area contributed by atoms with Crippen molar-refractivity contribution in [3.8, 4) is 0 Å². The number of aromatic nitrogens is 5. The van der Waals surface area contributed by atoms with Crippen molar-refractivity contribution in [2.45, 2.75) is 0 Å². The standard InChI is InChI=1S/C18H17N7O2/c1-23-14-15(24(2)18(27)25(3)16(14)26)21-17(23)22-20-10-11-6-7-13-12(9-11)5-4-8-19-13/h4-10H,1-3H3,(H,21,22)/b20-10-. The van der Waals surface area contributed by atoms with E-state index in [4.69, 9.17) is 0 Å². The molecule has 9 heteroatoms. The van der Waals surface area contributed by atoms with Crippen LogP contribution in [0, 0.1) is 0 Å². The minimum absolute atomic E-state index is 0.306. The summed E-state index contributed by atoms with van der Waals surface area (Å²) in [6.07, 6.45) is 3.41. The first-order valence-corrected chi connectivity index (χ1v) is 8.23. The number of pyridine rings is 1. The van der Waals surface area contributed by atoms with Gasteiger partial charge < -0.3 is 4.57 Å². The Kier molecular flexibility index (Phi) is 3.84. The molecule has 0 saturated carbocycles. The summed E-state index contributed by atoms with van der Waals surface area (Å²) in [6, 6.07) is 9.67. The average molecular weight is 363 g/mol. The van der Waals surface area contributed by atoms with Gasteiger partial charge in [-0.1, -0.05) is 12.1 Å². The van der Waals surface area contributed by atoms with Crippen molar-refractivity contribution in [2.75, 3.05) is 5.43 Å². The summed E-state index contributed by atoms with van der Waals surface area (Å²) in [5, 5.41) is 5.22. The summed E-state index contributed by atoms with van der Waals surface area (Å²) < 4.78 is 3.97. The van der Waals surface area contributed by atoms with E-state index in [2.05, 4.69) is 20.5 Å². The predicted octanol–water partition coefficient (Wildman–Crippen LogP) is 0.965. The molecule has 0 amide bonds. The molecule has 0 radical (unpaired) electrons. The third kappa shape index (κ3) is 2.69. The molecule has 0 spiro atoms. The maximum atomic E-state index is 12.4. The van der Waals surface area contributed by atoms with Crippen LogP contribution < -0.4 is 16.7 Å². The molecule has 4 aromatic rings. The zero-order valence-electron chi connectivity index (χ0n) is 15.0. The second kappa shape index (κ2) is 6.20. The van der Waals surface area contributed by atoms with Gasteiger partial charge in [-0.05, 0) is 23.8 Å². The van der Waals surface area contributed by atoms with E-state index in [0.29, 0.717) is 17.1 Å². The lowest BCUT2D eigenvalue weighted by Gasteiger charge is -2.03. The predicted molar refractivity (Wildman–Crippen MR) is 104 cm³/mol. The van der Waals surface area contributed by atoms with Crippen LogP contribution in [-0.2, 0) is 21.1 Å². The molecule has 0 aliphatic heterocycles. The van der Waals surface area contributed by atoms with Crippen LogP contribution in [0.2, 0.25) is 0 Å². The molecule has 0 atom stereocenters. The Balaban J connectivity index is 1.69. The summed E-state index contributed by atoms with van der Waals surface area (Å²) in [4.78, 5) is 33.0. The first kappa shape index (κ1) is 16.7. The Hall–Kier alpha value is -3.75. The highest BCUT2D eigenvalue weighted by Crippen LogP contribution is 2.14. The lowest BCUT2D eigenvalue weighted by atomic mass is 10.1. The highest BCUT2D eigenvalue weighted by molar-refractivity contribution is 5.88. The summed E-state index contributed by atoms with van der Waals surface area (Å²) in [5.41, 5.74) is 4.45. The SMILES string of the molecule is Cn1c(=O)c2c(nc(N/N=C\c3ccc4ncccc4c3)n2C)n(C)c1=O. The van der Waals surface area contributed by atoms with E-state index in [0.717, 1.165) is 21.0 Å². The number of fused-ring (bicyclic) bond motifs is 2. The van der Waals surface area contributed by atoms with Gasteiger partial charge >= 0.3 is 5.69 Å². The van der Waals surface area contributed by atoms with Gasteiger partial charge in [-0.3, -0.25) is 18.9 Å². The Morgan fingerprint density at radius 1 is 1.07 bits per heavy atom. The van der Waals surface area contributed by atoms with E-state index in [9.17, 15) is 9.59 Å². The van der Waals surface area contributed by atoms with Crippen molar-refractivity contribution in [1.29, 1.82) is 0 Å². The topological polar surface area (TPSA) is 99.1 Å². The average Bonchev–Trinajstić information content (AvgIpc) is 3.01. The van der Waals surface area contributed by atoms with Crippen LogP contribution in [-0.4, -0.2) is 29.9 Å². The number of aryl methyl sites for hydroxylation is 2. The van der Waals surface area contributed by atoms with Gasteiger partial charge in [-0.15, -0.1) is 0 Å². The fourth-order valence-corrected chi connectivity index (χ4v) is 2.96. The number of benzene rings is 1. The molecular formula is C18H17N7O2. The summed E-state index contributed by atoms with van der Waals surface area (Å²) >= 11 is 0. The molecule has 0 unspecified atom stereocenters. The van der Waals surface area contributed by atoms with E-state index in [1.165, 1.54) is 11.6 Å². The van der Waals surface area contributed by atoms with E-state index >= 15 is 0 Å². The molecule has 0 saturated heterocycles. The van der Waals surface area contributed by atoms with Gasteiger partial charge in [-0.25, -0.2) is 10.2 Å². The quantitative estimate of drug-likeness (QED) is 0.432. The maximum Gasteiger partial charge on any atom is 0.332 e. The minimum Gasteiger partial charge on any atom is -0.306 e. The van der Waals surface area contributed by atoms with Crippen LogP contribution in [0.25, 0.3) is 22.1 Å². The molecule has 9 nitrogen and oxygen atoms in total. The van der Waals surface area contributed by atoms with E-state index in [1.54, 1.807) is 31.1 Å². The van der Waals surface area contributed by atoms with Crippen molar-refractivity contribution in [3.63, 3.8) is 0 Å². The summed E-state index contributed by atoms with van der Waals surface area (Å²) in [6.45, 7) is 0. The lowest BCUT2D eigenvalue weighted by Crippen LogP contribution is -2.37. The first-order chi connectivity index (χ1) is 13.0. The molecule has 1 aromatic carbocycles. The Morgan fingerprint density at radius 2 is 1.89 bits per heavy atom. The van der Waals surface area contributed by atoms with Crippen molar-refractivity contribution >= 4 is 34.2 Å². The van der Waals surface area contributed by atoms with Gasteiger partial charge in [0.2, 0.25) is 5.95 Å². The number of imidazole rings is 1. The van der Waals surface area contributed by atoms with Crippen LogP contribution in [0.4, 0.5) is 5.95 Å². The second-order valence-corrected chi connectivity index (χ2v) is 6.20. The van der Waals surface area contributed by atoms with Crippen LogP contribution in [0.5, 0.6) is 0 Å². The molecule has 0 fully saturated rings. The highest BCUT2D eigenvalue weighted by atomic mass is 16.2. The number of hydrogen-bond donors (Lipinski definition) is 1. The number of rotatable bonds is 3. The molecule has 1 N–H and O–H groups in total. The Bertz CT molecular complexity index is 1330. The number of hydrogen-bond acceptors (Lipinski definition) is 6. The third-order valence-corrected chi connectivity index (χ3v) is 4.48. The van der Waals surface area contributed by atoms with Gasteiger partial charge in [-0.2, -0.15) is 10.1 Å². The smallest absolute Gasteiger partial charge is 0.306 e. The largest absolute Gasteiger partial charge is 0.332 e. The molecule has 0 bridgehead atoms. The number of nitrogens with one attached hydrogen (secondary N) is 1. The molecule has 3 heterocycles. The van der Waals surface area contributed by atoms with Crippen molar-refractivity contribution in [2.24, 2.45) is 26.2 Å². The van der Waals surface area contributed by atoms with Crippen LogP contribution in [0.15, 0.2) is 51.2 Å². The van der Waals surface area contributed by atoms with Crippen LogP contribution in [0.3, 0.4) is 0 Å². The Labute approximate surface area is 153 Å².